The summed E-state index contributed by atoms with van der Waals surface area (Å²) in [5.74, 6) is 1.11. The Hall–Kier alpha value is -2.05. The van der Waals surface area contributed by atoms with E-state index in [0.717, 1.165) is 29.1 Å². The topological polar surface area (TPSA) is 52.7 Å². The summed E-state index contributed by atoms with van der Waals surface area (Å²) in [4.78, 5) is 12.6. The molecule has 7 heteroatoms. The number of Topliss-reactive ketones (excluding diaryl/α,β-unsaturated/α-hetero) is 1. The van der Waals surface area contributed by atoms with Gasteiger partial charge in [0.25, 0.3) is 0 Å². The summed E-state index contributed by atoms with van der Waals surface area (Å²) in [5, 5.41) is 9.78. The largest absolute Gasteiger partial charge is 0.349 e. The molecule has 0 unspecified atom stereocenters. The van der Waals surface area contributed by atoms with E-state index in [-0.39, 0.29) is 5.78 Å². The molecule has 5 nitrogen and oxygen atoms in total. The van der Waals surface area contributed by atoms with E-state index in [9.17, 15) is 4.79 Å². The number of carbonyl (C=O) groups excluding carboxylic acids is 1. The third kappa shape index (κ3) is 3.44. The number of halogens is 1. The molecule has 0 fully saturated rings. The van der Waals surface area contributed by atoms with Crippen molar-refractivity contribution in [1.82, 2.24) is 19.3 Å². The van der Waals surface area contributed by atoms with Gasteiger partial charge in [0.15, 0.2) is 16.8 Å². The van der Waals surface area contributed by atoms with Gasteiger partial charge in [-0.15, -0.1) is 10.2 Å². The Labute approximate surface area is 162 Å². The molecule has 3 aromatic rings. The average Bonchev–Trinajstić information content (AvgIpc) is 3.12. The van der Waals surface area contributed by atoms with E-state index < -0.39 is 0 Å². The summed E-state index contributed by atoms with van der Waals surface area (Å²) in [6, 6.07) is 9.49. The zero-order chi connectivity index (χ0) is 18.8. The van der Waals surface area contributed by atoms with Crippen LogP contribution >= 0.6 is 23.4 Å². The number of rotatable bonds is 6. The highest BCUT2D eigenvalue weighted by Crippen LogP contribution is 2.28. The monoisotopic (exact) mass is 388 g/mol. The number of benzene rings is 1. The molecule has 0 N–H and O–H groups in total. The predicted octanol–water partition coefficient (Wildman–Crippen LogP) is 4.55. The standard InChI is InChI=1S/C19H21ClN4OS/c1-5-24-12(2)10-15(13(24)3)17(25)11-26-19-22-21-18(23(19)4)14-8-6-7-9-16(14)20/h6-10H,5,11H2,1-4H3. The molecule has 0 saturated heterocycles. The fourth-order valence-corrected chi connectivity index (χ4v) is 4.11. The van der Waals surface area contributed by atoms with E-state index in [4.69, 9.17) is 11.6 Å². The van der Waals surface area contributed by atoms with Gasteiger partial charge in [0.05, 0.1) is 10.8 Å². The molecule has 1 aromatic carbocycles. The van der Waals surface area contributed by atoms with Crippen molar-refractivity contribution >= 4 is 29.1 Å². The van der Waals surface area contributed by atoms with E-state index in [1.54, 1.807) is 0 Å². The average molecular weight is 389 g/mol. The second-order valence-electron chi connectivity index (χ2n) is 6.09. The number of aryl methyl sites for hydroxylation is 1. The van der Waals surface area contributed by atoms with E-state index >= 15 is 0 Å². The quantitative estimate of drug-likeness (QED) is 0.459. The lowest BCUT2D eigenvalue weighted by atomic mass is 10.2. The first-order valence-electron chi connectivity index (χ1n) is 8.41. The molecule has 3 rings (SSSR count). The van der Waals surface area contributed by atoms with Crippen LogP contribution < -0.4 is 0 Å². The van der Waals surface area contributed by atoms with Crippen molar-refractivity contribution < 1.29 is 4.79 Å². The van der Waals surface area contributed by atoms with Gasteiger partial charge in [0.2, 0.25) is 0 Å². The van der Waals surface area contributed by atoms with Crippen molar-refractivity contribution in [2.75, 3.05) is 5.75 Å². The summed E-state index contributed by atoms with van der Waals surface area (Å²) in [6.07, 6.45) is 0. The van der Waals surface area contributed by atoms with Gasteiger partial charge in [-0.3, -0.25) is 4.79 Å². The Bertz CT molecular complexity index is 961. The van der Waals surface area contributed by atoms with Crippen molar-refractivity contribution in [3.8, 4) is 11.4 Å². The van der Waals surface area contributed by atoms with Crippen LogP contribution in [-0.4, -0.2) is 30.9 Å². The first-order chi connectivity index (χ1) is 12.4. The molecule has 0 aliphatic carbocycles. The van der Waals surface area contributed by atoms with Gasteiger partial charge in [-0.2, -0.15) is 0 Å². The summed E-state index contributed by atoms with van der Waals surface area (Å²) < 4.78 is 4.02. The summed E-state index contributed by atoms with van der Waals surface area (Å²) in [6.45, 7) is 6.96. The van der Waals surface area contributed by atoms with Gasteiger partial charge in [-0.05, 0) is 39.0 Å². The zero-order valence-corrected chi connectivity index (χ0v) is 16.9. The molecule has 0 atom stereocenters. The van der Waals surface area contributed by atoms with Crippen LogP contribution in [-0.2, 0) is 13.6 Å². The van der Waals surface area contributed by atoms with Crippen LogP contribution in [0, 0.1) is 13.8 Å². The number of thioether (sulfide) groups is 1. The lowest BCUT2D eigenvalue weighted by Crippen LogP contribution is -2.06. The van der Waals surface area contributed by atoms with Crippen LogP contribution in [0.1, 0.15) is 28.7 Å². The molecule has 0 radical (unpaired) electrons. The minimum Gasteiger partial charge on any atom is -0.349 e. The normalized spacial score (nSPS) is 11.1. The number of aromatic nitrogens is 4. The van der Waals surface area contributed by atoms with Crippen molar-refractivity contribution in [1.29, 1.82) is 0 Å². The number of hydrogen-bond donors (Lipinski definition) is 0. The van der Waals surface area contributed by atoms with E-state index in [1.807, 2.05) is 55.8 Å². The maximum Gasteiger partial charge on any atom is 0.191 e. The van der Waals surface area contributed by atoms with E-state index in [1.165, 1.54) is 11.8 Å². The van der Waals surface area contributed by atoms with Gasteiger partial charge in [0.1, 0.15) is 0 Å². The first kappa shape index (κ1) is 18.7. The molecular formula is C19H21ClN4OS. The molecule has 0 bridgehead atoms. The van der Waals surface area contributed by atoms with Crippen molar-refractivity contribution in [3.05, 3.63) is 52.3 Å². The van der Waals surface area contributed by atoms with Gasteiger partial charge < -0.3 is 9.13 Å². The van der Waals surface area contributed by atoms with Crippen molar-refractivity contribution in [2.45, 2.75) is 32.5 Å². The lowest BCUT2D eigenvalue weighted by molar-refractivity contribution is 0.102. The predicted molar refractivity (Wildman–Crippen MR) is 106 cm³/mol. The Balaban J connectivity index is 1.77. The number of ketones is 1. The maximum atomic E-state index is 12.6. The SMILES string of the molecule is CCn1c(C)cc(C(=O)CSc2nnc(-c3ccccc3Cl)n2C)c1C. The molecule has 0 aliphatic rings. The summed E-state index contributed by atoms with van der Waals surface area (Å²) >= 11 is 7.64. The van der Waals surface area contributed by atoms with Gasteiger partial charge >= 0.3 is 0 Å². The second kappa shape index (κ2) is 7.68. The van der Waals surface area contributed by atoms with E-state index in [2.05, 4.69) is 21.7 Å². The molecule has 0 aliphatic heterocycles. The van der Waals surface area contributed by atoms with Gasteiger partial charge in [-0.25, -0.2) is 0 Å². The Morgan fingerprint density at radius 3 is 2.62 bits per heavy atom. The van der Waals surface area contributed by atoms with Crippen molar-refractivity contribution in [2.24, 2.45) is 7.05 Å². The van der Waals surface area contributed by atoms with Gasteiger partial charge in [-0.1, -0.05) is 35.5 Å². The van der Waals surface area contributed by atoms with Crippen LogP contribution in [0.5, 0.6) is 0 Å². The summed E-state index contributed by atoms with van der Waals surface area (Å²) in [7, 11) is 1.88. The highest BCUT2D eigenvalue weighted by atomic mass is 35.5. The number of hydrogen-bond acceptors (Lipinski definition) is 4. The number of carbonyl (C=O) groups is 1. The molecule has 0 amide bonds. The zero-order valence-electron chi connectivity index (χ0n) is 15.3. The molecule has 0 spiro atoms. The number of nitrogens with zero attached hydrogens (tertiary/aromatic N) is 4. The highest BCUT2D eigenvalue weighted by Gasteiger charge is 2.18. The molecule has 136 valence electrons. The third-order valence-corrected chi connectivity index (χ3v) is 5.82. The molecule has 2 heterocycles. The molecule has 0 saturated carbocycles. The van der Waals surface area contributed by atoms with Crippen LogP contribution in [0.25, 0.3) is 11.4 Å². The fourth-order valence-electron chi connectivity index (χ4n) is 3.10. The molecule has 26 heavy (non-hydrogen) atoms. The smallest absolute Gasteiger partial charge is 0.191 e. The summed E-state index contributed by atoms with van der Waals surface area (Å²) in [5.41, 5.74) is 3.74. The minimum absolute atomic E-state index is 0.102. The maximum absolute atomic E-state index is 12.6. The van der Waals surface area contributed by atoms with E-state index in [0.29, 0.717) is 21.8 Å². The minimum atomic E-state index is 0.102. The van der Waals surface area contributed by atoms with Crippen molar-refractivity contribution in [3.63, 3.8) is 0 Å². The highest BCUT2D eigenvalue weighted by molar-refractivity contribution is 7.99. The third-order valence-electron chi connectivity index (χ3n) is 4.47. The first-order valence-corrected chi connectivity index (χ1v) is 9.77. The van der Waals surface area contributed by atoms with Gasteiger partial charge in [0, 0.05) is 36.1 Å². The fraction of sp³-hybridized carbons (Fsp3) is 0.316. The van der Waals surface area contributed by atoms with Crippen LogP contribution in [0.15, 0.2) is 35.5 Å². The Morgan fingerprint density at radius 1 is 1.23 bits per heavy atom. The lowest BCUT2D eigenvalue weighted by Gasteiger charge is -2.06. The molecule has 2 aromatic heterocycles. The Kier molecular flexibility index (Phi) is 5.53. The Morgan fingerprint density at radius 2 is 1.96 bits per heavy atom. The van der Waals surface area contributed by atoms with Crippen LogP contribution in [0.4, 0.5) is 0 Å². The van der Waals surface area contributed by atoms with Crippen LogP contribution in [0.2, 0.25) is 5.02 Å². The van der Waals surface area contributed by atoms with Crippen LogP contribution in [0.3, 0.4) is 0 Å². The molecular weight excluding hydrogens is 368 g/mol. The second-order valence-corrected chi connectivity index (χ2v) is 7.44.